The maximum Gasteiger partial charge on any atom is 0.256 e. The lowest BCUT2D eigenvalue weighted by molar-refractivity contribution is 0.102. The van der Waals surface area contributed by atoms with Crippen LogP contribution in [0.25, 0.3) is 28.2 Å². The largest absolute Gasteiger partial charge is 0.307 e. The maximum absolute atomic E-state index is 13.5. The van der Waals surface area contributed by atoms with Crippen molar-refractivity contribution in [1.29, 1.82) is 0 Å². The van der Waals surface area contributed by atoms with E-state index in [1.54, 1.807) is 47.2 Å². The molecule has 1 amide bonds. The summed E-state index contributed by atoms with van der Waals surface area (Å²) in [4.78, 5) is 21.4. The molecule has 0 aliphatic rings. The Balaban J connectivity index is 1.57. The zero-order valence-electron chi connectivity index (χ0n) is 16.5. The van der Waals surface area contributed by atoms with Gasteiger partial charge in [-0.25, -0.2) is 23.3 Å². The van der Waals surface area contributed by atoms with Crippen LogP contribution in [-0.2, 0) is 0 Å². The first-order valence-electron chi connectivity index (χ1n) is 9.71. The van der Waals surface area contributed by atoms with Crippen molar-refractivity contribution < 1.29 is 13.6 Å². The van der Waals surface area contributed by atoms with Gasteiger partial charge >= 0.3 is 0 Å². The van der Waals surface area contributed by atoms with Crippen LogP contribution in [-0.4, -0.2) is 25.5 Å². The van der Waals surface area contributed by atoms with Crippen molar-refractivity contribution in [2.24, 2.45) is 0 Å². The number of fused-ring (bicyclic) bond motifs is 1. The molecule has 5 aromatic rings. The Hall–Kier alpha value is -4.46. The molecular weight excluding hydrogens is 412 g/mol. The molecule has 8 heteroatoms. The van der Waals surface area contributed by atoms with Crippen molar-refractivity contribution in [3.8, 4) is 22.5 Å². The number of carbonyl (C=O) groups excluding carboxylic acids is 1. The highest BCUT2D eigenvalue weighted by molar-refractivity contribution is 6.04. The maximum atomic E-state index is 13.5. The Morgan fingerprint density at radius 1 is 0.844 bits per heavy atom. The third-order valence-electron chi connectivity index (χ3n) is 4.89. The number of pyridine rings is 1. The minimum atomic E-state index is -0.421. The highest BCUT2D eigenvalue weighted by Gasteiger charge is 2.18. The summed E-state index contributed by atoms with van der Waals surface area (Å²) in [5, 5.41) is 7.13. The van der Waals surface area contributed by atoms with Crippen LogP contribution in [0.2, 0.25) is 0 Å². The number of hydrogen-bond donors (Lipinski definition) is 1. The quantitative estimate of drug-likeness (QED) is 0.439. The standard InChI is InChI=1S/C24H15F2N5O/c25-18-7-3-15(4-8-18)22-23(31-21(30-22)2-1-12-28-31)17-11-13-27-20(14-17)29-24(32)16-5-9-19(26)10-6-16/h1-14H,(H,27,29,32). The van der Waals surface area contributed by atoms with Gasteiger partial charge in [0.1, 0.15) is 23.1 Å². The number of benzene rings is 2. The summed E-state index contributed by atoms with van der Waals surface area (Å²) in [5.74, 6) is -0.862. The first-order valence-corrected chi connectivity index (χ1v) is 9.71. The second kappa shape index (κ2) is 7.99. The van der Waals surface area contributed by atoms with Gasteiger partial charge in [-0.15, -0.1) is 0 Å². The molecule has 5 rings (SSSR count). The molecule has 0 aliphatic carbocycles. The van der Waals surface area contributed by atoms with Crippen LogP contribution in [0.15, 0.2) is 85.2 Å². The van der Waals surface area contributed by atoms with E-state index >= 15 is 0 Å². The van der Waals surface area contributed by atoms with Gasteiger partial charge in [0.15, 0.2) is 5.65 Å². The summed E-state index contributed by atoms with van der Waals surface area (Å²) in [6.07, 6.45) is 3.21. The number of nitrogens with one attached hydrogen (secondary N) is 1. The molecule has 0 fully saturated rings. The number of imidazole rings is 1. The lowest BCUT2D eigenvalue weighted by atomic mass is 10.1. The second-order valence-corrected chi connectivity index (χ2v) is 7.00. The highest BCUT2D eigenvalue weighted by Crippen LogP contribution is 2.33. The van der Waals surface area contributed by atoms with Crippen LogP contribution in [0.3, 0.4) is 0 Å². The number of halogens is 2. The predicted molar refractivity (Wildman–Crippen MR) is 116 cm³/mol. The second-order valence-electron chi connectivity index (χ2n) is 7.00. The van der Waals surface area contributed by atoms with Gasteiger partial charge < -0.3 is 5.32 Å². The van der Waals surface area contributed by atoms with E-state index in [1.807, 2.05) is 6.07 Å². The van der Waals surface area contributed by atoms with E-state index in [9.17, 15) is 13.6 Å². The molecular formula is C24H15F2N5O. The molecule has 0 aliphatic heterocycles. The lowest BCUT2D eigenvalue weighted by Crippen LogP contribution is -2.13. The zero-order chi connectivity index (χ0) is 22.1. The molecule has 1 N–H and O–H groups in total. The van der Waals surface area contributed by atoms with Crippen LogP contribution >= 0.6 is 0 Å². The van der Waals surface area contributed by atoms with E-state index in [0.29, 0.717) is 34.0 Å². The molecule has 3 aromatic heterocycles. The molecule has 2 aromatic carbocycles. The monoisotopic (exact) mass is 427 g/mol. The van der Waals surface area contributed by atoms with Crippen LogP contribution < -0.4 is 5.32 Å². The summed E-state index contributed by atoms with van der Waals surface area (Å²) in [6.45, 7) is 0. The fraction of sp³-hybridized carbons (Fsp3) is 0. The molecule has 0 bridgehead atoms. The molecule has 6 nitrogen and oxygen atoms in total. The van der Waals surface area contributed by atoms with Gasteiger partial charge in [0.05, 0.1) is 5.69 Å². The van der Waals surface area contributed by atoms with E-state index in [2.05, 4.69) is 20.4 Å². The van der Waals surface area contributed by atoms with Gasteiger partial charge in [-0.3, -0.25) is 4.79 Å². The molecule has 3 heterocycles. The third-order valence-corrected chi connectivity index (χ3v) is 4.89. The first-order chi connectivity index (χ1) is 15.6. The molecule has 0 atom stereocenters. The van der Waals surface area contributed by atoms with Crippen molar-refractivity contribution in [2.45, 2.75) is 0 Å². The minimum absolute atomic E-state index is 0.307. The first kappa shape index (κ1) is 19.5. The molecule has 0 unspecified atom stereocenters. The van der Waals surface area contributed by atoms with Crippen LogP contribution in [0.5, 0.6) is 0 Å². The smallest absolute Gasteiger partial charge is 0.256 e. The molecule has 0 radical (unpaired) electrons. The Morgan fingerprint density at radius 2 is 1.56 bits per heavy atom. The molecule has 0 saturated carbocycles. The number of carbonyl (C=O) groups is 1. The van der Waals surface area contributed by atoms with Gasteiger partial charge in [-0.1, -0.05) is 0 Å². The summed E-state index contributed by atoms with van der Waals surface area (Å²) in [6, 6.07) is 18.4. The van der Waals surface area contributed by atoms with Gasteiger partial charge in [0.25, 0.3) is 5.91 Å². The van der Waals surface area contributed by atoms with E-state index in [1.165, 1.54) is 36.4 Å². The summed E-state index contributed by atoms with van der Waals surface area (Å²) < 4.78 is 28.3. The summed E-state index contributed by atoms with van der Waals surface area (Å²) >= 11 is 0. The highest BCUT2D eigenvalue weighted by atomic mass is 19.1. The third kappa shape index (κ3) is 3.69. The SMILES string of the molecule is O=C(Nc1cc(-c2c(-c3ccc(F)cc3)nc3cccnn23)ccn1)c1ccc(F)cc1. The van der Waals surface area contributed by atoms with Crippen molar-refractivity contribution in [3.05, 3.63) is 102 Å². The van der Waals surface area contributed by atoms with Crippen molar-refractivity contribution in [1.82, 2.24) is 19.6 Å². The molecule has 156 valence electrons. The van der Waals surface area contributed by atoms with Crippen LogP contribution in [0, 0.1) is 11.6 Å². The predicted octanol–water partition coefficient (Wildman–Crippen LogP) is 4.99. The number of aromatic nitrogens is 4. The number of hydrogen-bond acceptors (Lipinski definition) is 4. The Kier molecular flexibility index (Phi) is 4.87. The summed E-state index contributed by atoms with van der Waals surface area (Å²) in [5.41, 5.74) is 3.65. The number of anilines is 1. The van der Waals surface area contributed by atoms with Crippen LogP contribution in [0.1, 0.15) is 10.4 Å². The van der Waals surface area contributed by atoms with E-state index in [4.69, 9.17) is 0 Å². The van der Waals surface area contributed by atoms with E-state index in [-0.39, 0.29) is 5.82 Å². The molecule has 0 spiro atoms. The number of amides is 1. The Morgan fingerprint density at radius 3 is 2.31 bits per heavy atom. The fourth-order valence-electron chi connectivity index (χ4n) is 3.39. The minimum Gasteiger partial charge on any atom is -0.307 e. The van der Waals surface area contributed by atoms with Gasteiger partial charge in [-0.2, -0.15) is 5.10 Å². The van der Waals surface area contributed by atoms with Gasteiger partial charge in [0.2, 0.25) is 0 Å². The number of nitrogens with zero attached hydrogens (tertiary/aromatic N) is 4. The fourth-order valence-corrected chi connectivity index (χ4v) is 3.39. The Bertz CT molecular complexity index is 1430. The van der Waals surface area contributed by atoms with Crippen molar-refractivity contribution in [2.75, 3.05) is 5.32 Å². The average Bonchev–Trinajstić information content (AvgIpc) is 3.20. The van der Waals surface area contributed by atoms with Crippen molar-refractivity contribution in [3.63, 3.8) is 0 Å². The lowest BCUT2D eigenvalue weighted by Gasteiger charge is -2.08. The topological polar surface area (TPSA) is 72.2 Å². The average molecular weight is 427 g/mol. The van der Waals surface area contributed by atoms with Gasteiger partial charge in [0, 0.05) is 29.1 Å². The summed E-state index contributed by atoms with van der Waals surface area (Å²) in [7, 11) is 0. The zero-order valence-corrected chi connectivity index (χ0v) is 16.5. The van der Waals surface area contributed by atoms with E-state index < -0.39 is 11.7 Å². The molecule has 32 heavy (non-hydrogen) atoms. The molecule has 0 saturated heterocycles. The normalized spacial score (nSPS) is 10.9. The van der Waals surface area contributed by atoms with E-state index in [0.717, 1.165) is 5.56 Å². The van der Waals surface area contributed by atoms with Crippen LogP contribution in [0.4, 0.5) is 14.6 Å². The van der Waals surface area contributed by atoms with Gasteiger partial charge in [-0.05, 0) is 72.8 Å². The van der Waals surface area contributed by atoms with Crippen molar-refractivity contribution >= 4 is 17.4 Å². The Labute approximate surface area is 181 Å². The number of rotatable bonds is 4.